The molecular weight excluding hydrogens is 260 g/mol. The van der Waals surface area contributed by atoms with Crippen LogP contribution in [-0.4, -0.2) is 42.4 Å². The Kier molecular flexibility index (Phi) is 5.58. The third-order valence-electron chi connectivity index (χ3n) is 3.11. The van der Waals surface area contributed by atoms with Crippen LogP contribution in [0.25, 0.3) is 0 Å². The average molecular weight is 282 g/mol. The fraction of sp³-hybridized carbons (Fsp3) is 0.643. The van der Waals surface area contributed by atoms with Crippen molar-refractivity contribution in [2.75, 3.05) is 13.2 Å². The van der Waals surface area contributed by atoms with Crippen molar-refractivity contribution in [3.05, 3.63) is 24.2 Å². The van der Waals surface area contributed by atoms with E-state index in [-0.39, 0.29) is 18.6 Å². The highest BCUT2D eigenvalue weighted by Gasteiger charge is 2.25. The number of carbonyl (C=O) groups is 1. The van der Waals surface area contributed by atoms with Crippen molar-refractivity contribution in [2.45, 2.75) is 44.6 Å². The Morgan fingerprint density at radius 3 is 3.05 bits per heavy atom. The van der Waals surface area contributed by atoms with E-state index < -0.39 is 6.10 Å². The first-order valence-corrected chi connectivity index (χ1v) is 6.97. The summed E-state index contributed by atoms with van der Waals surface area (Å²) < 4.78 is 10.4. The lowest BCUT2D eigenvalue weighted by molar-refractivity contribution is -0.123. The summed E-state index contributed by atoms with van der Waals surface area (Å²) in [5.74, 6) is 0.707. The largest absolute Gasteiger partial charge is 0.467 e. The Labute approximate surface area is 118 Å². The topological polar surface area (TPSA) is 83.7 Å². The zero-order chi connectivity index (χ0) is 14.4. The number of hydrogen-bond donors (Lipinski definition) is 3. The second-order valence-corrected chi connectivity index (χ2v) is 5.16. The third kappa shape index (κ3) is 5.32. The molecule has 0 aliphatic heterocycles. The first-order valence-electron chi connectivity index (χ1n) is 6.97. The van der Waals surface area contributed by atoms with Crippen molar-refractivity contribution >= 4 is 5.91 Å². The zero-order valence-corrected chi connectivity index (χ0v) is 11.7. The van der Waals surface area contributed by atoms with E-state index in [1.165, 1.54) is 0 Å². The van der Waals surface area contributed by atoms with Gasteiger partial charge in [0.25, 0.3) is 0 Å². The minimum absolute atomic E-state index is 0.0174. The summed E-state index contributed by atoms with van der Waals surface area (Å²) in [4.78, 5) is 11.7. The average Bonchev–Trinajstić information content (AvgIpc) is 3.09. The molecule has 1 aliphatic rings. The SMILES string of the molecule is CC(NCC(O)COCc1ccco1)C(=O)NC1CC1. The van der Waals surface area contributed by atoms with Gasteiger partial charge in [-0.1, -0.05) is 0 Å². The minimum Gasteiger partial charge on any atom is -0.467 e. The van der Waals surface area contributed by atoms with Crippen LogP contribution in [-0.2, 0) is 16.1 Å². The second kappa shape index (κ2) is 7.42. The number of carbonyl (C=O) groups excluding carboxylic acids is 1. The van der Waals surface area contributed by atoms with Gasteiger partial charge in [0.05, 0.1) is 25.0 Å². The fourth-order valence-corrected chi connectivity index (χ4v) is 1.71. The van der Waals surface area contributed by atoms with Crippen LogP contribution in [0, 0.1) is 0 Å². The van der Waals surface area contributed by atoms with Gasteiger partial charge < -0.3 is 24.9 Å². The number of aliphatic hydroxyl groups excluding tert-OH is 1. The third-order valence-corrected chi connectivity index (χ3v) is 3.11. The van der Waals surface area contributed by atoms with E-state index in [0.29, 0.717) is 19.2 Å². The molecule has 0 saturated heterocycles. The molecule has 1 aromatic rings. The zero-order valence-electron chi connectivity index (χ0n) is 11.7. The molecule has 1 aliphatic carbocycles. The molecule has 20 heavy (non-hydrogen) atoms. The predicted molar refractivity (Wildman–Crippen MR) is 73.0 cm³/mol. The van der Waals surface area contributed by atoms with E-state index in [1.54, 1.807) is 19.3 Å². The van der Waals surface area contributed by atoms with Crippen LogP contribution in [0.5, 0.6) is 0 Å². The molecule has 1 amide bonds. The van der Waals surface area contributed by atoms with Gasteiger partial charge >= 0.3 is 0 Å². The molecule has 6 nitrogen and oxygen atoms in total. The lowest BCUT2D eigenvalue weighted by Crippen LogP contribution is -2.46. The second-order valence-electron chi connectivity index (χ2n) is 5.16. The summed E-state index contributed by atoms with van der Waals surface area (Å²) in [6.45, 7) is 2.64. The van der Waals surface area contributed by atoms with Crippen molar-refractivity contribution in [1.29, 1.82) is 0 Å². The number of ether oxygens (including phenoxy) is 1. The van der Waals surface area contributed by atoms with Gasteiger partial charge in [-0.2, -0.15) is 0 Å². The number of furan rings is 1. The van der Waals surface area contributed by atoms with Gasteiger partial charge in [-0.25, -0.2) is 0 Å². The van der Waals surface area contributed by atoms with E-state index in [1.807, 2.05) is 6.07 Å². The van der Waals surface area contributed by atoms with E-state index in [2.05, 4.69) is 10.6 Å². The van der Waals surface area contributed by atoms with Gasteiger partial charge in [-0.3, -0.25) is 4.79 Å². The standard InChI is InChI=1S/C14H22N2O4/c1-10(14(18)16-11-4-5-11)15-7-12(17)8-19-9-13-3-2-6-20-13/h2-3,6,10-12,15,17H,4-5,7-9H2,1H3,(H,16,18). The van der Waals surface area contributed by atoms with Gasteiger partial charge in [-0.05, 0) is 31.9 Å². The van der Waals surface area contributed by atoms with Crippen molar-refractivity contribution in [3.63, 3.8) is 0 Å². The summed E-state index contributed by atoms with van der Waals surface area (Å²) >= 11 is 0. The fourth-order valence-electron chi connectivity index (χ4n) is 1.71. The van der Waals surface area contributed by atoms with Crippen LogP contribution in [0.2, 0.25) is 0 Å². The van der Waals surface area contributed by atoms with E-state index in [9.17, 15) is 9.90 Å². The molecule has 0 spiro atoms. The molecule has 3 N–H and O–H groups in total. The maximum absolute atomic E-state index is 11.7. The number of aliphatic hydroxyl groups is 1. The molecule has 2 atom stereocenters. The Morgan fingerprint density at radius 1 is 1.60 bits per heavy atom. The maximum atomic E-state index is 11.7. The smallest absolute Gasteiger partial charge is 0.237 e. The first-order chi connectivity index (χ1) is 9.65. The molecule has 2 rings (SSSR count). The maximum Gasteiger partial charge on any atom is 0.237 e. The predicted octanol–water partition coefficient (Wildman–Crippen LogP) is 0.414. The highest BCUT2D eigenvalue weighted by Crippen LogP contribution is 2.18. The first kappa shape index (κ1) is 15.0. The molecule has 112 valence electrons. The molecule has 1 heterocycles. The van der Waals surface area contributed by atoms with Crippen LogP contribution in [0.15, 0.2) is 22.8 Å². The van der Waals surface area contributed by atoms with Gasteiger partial charge in [0.2, 0.25) is 5.91 Å². The number of rotatable bonds is 9. The van der Waals surface area contributed by atoms with Crippen molar-refractivity contribution in [2.24, 2.45) is 0 Å². The van der Waals surface area contributed by atoms with Crippen LogP contribution >= 0.6 is 0 Å². The Balaban J connectivity index is 1.54. The molecule has 0 radical (unpaired) electrons. The lowest BCUT2D eigenvalue weighted by Gasteiger charge is -2.16. The number of amides is 1. The van der Waals surface area contributed by atoms with Gasteiger partial charge in [0.1, 0.15) is 12.4 Å². The van der Waals surface area contributed by atoms with Crippen LogP contribution in [0.3, 0.4) is 0 Å². The van der Waals surface area contributed by atoms with Crippen molar-refractivity contribution < 1.29 is 19.1 Å². The molecular formula is C14H22N2O4. The number of hydrogen-bond acceptors (Lipinski definition) is 5. The molecule has 2 unspecified atom stereocenters. The monoisotopic (exact) mass is 282 g/mol. The van der Waals surface area contributed by atoms with E-state index >= 15 is 0 Å². The summed E-state index contributed by atoms with van der Waals surface area (Å²) in [6, 6.07) is 3.65. The normalized spacial score (nSPS) is 17.7. The summed E-state index contributed by atoms with van der Waals surface area (Å²) in [5, 5.41) is 15.7. The van der Waals surface area contributed by atoms with Gasteiger partial charge in [0, 0.05) is 12.6 Å². The molecule has 1 aromatic heterocycles. The quantitative estimate of drug-likeness (QED) is 0.611. The van der Waals surface area contributed by atoms with Crippen LogP contribution in [0.1, 0.15) is 25.5 Å². The van der Waals surface area contributed by atoms with E-state index in [0.717, 1.165) is 18.6 Å². The molecule has 6 heteroatoms. The summed E-state index contributed by atoms with van der Waals surface area (Å²) in [5.41, 5.74) is 0. The van der Waals surface area contributed by atoms with Crippen LogP contribution in [0.4, 0.5) is 0 Å². The summed E-state index contributed by atoms with van der Waals surface area (Å²) in [7, 11) is 0. The Hall–Kier alpha value is -1.37. The Morgan fingerprint density at radius 2 is 2.40 bits per heavy atom. The van der Waals surface area contributed by atoms with Crippen LogP contribution < -0.4 is 10.6 Å². The molecule has 0 aromatic carbocycles. The molecule has 1 saturated carbocycles. The minimum atomic E-state index is -0.652. The van der Waals surface area contributed by atoms with Gasteiger partial charge in [-0.15, -0.1) is 0 Å². The van der Waals surface area contributed by atoms with Gasteiger partial charge in [0.15, 0.2) is 0 Å². The van der Waals surface area contributed by atoms with Crippen molar-refractivity contribution in [1.82, 2.24) is 10.6 Å². The highest BCUT2D eigenvalue weighted by molar-refractivity contribution is 5.81. The molecule has 0 bridgehead atoms. The van der Waals surface area contributed by atoms with Crippen molar-refractivity contribution in [3.8, 4) is 0 Å². The Bertz CT molecular complexity index is 403. The number of nitrogens with one attached hydrogen (secondary N) is 2. The van der Waals surface area contributed by atoms with E-state index in [4.69, 9.17) is 9.15 Å². The molecule has 1 fully saturated rings. The lowest BCUT2D eigenvalue weighted by atomic mass is 10.3. The summed E-state index contributed by atoms with van der Waals surface area (Å²) in [6.07, 6.45) is 3.07. The highest BCUT2D eigenvalue weighted by atomic mass is 16.5.